The lowest BCUT2D eigenvalue weighted by atomic mass is 10.1. The van der Waals surface area contributed by atoms with Crippen molar-refractivity contribution in [1.29, 1.82) is 0 Å². The molecule has 2 rings (SSSR count). The van der Waals surface area contributed by atoms with Crippen LogP contribution in [0.4, 0.5) is 5.82 Å². The lowest BCUT2D eigenvalue weighted by molar-refractivity contribution is 0.617. The van der Waals surface area contributed by atoms with Crippen molar-refractivity contribution in [2.45, 2.75) is 26.8 Å². The minimum absolute atomic E-state index is 0.379. The molecule has 0 unspecified atom stereocenters. The predicted molar refractivity (Wildman–Crippen MR) is 69.4 cm³/mol. The Morgan fingerprint density at radius 3 is 2.38 bits per heavy atom. The fourth-order valence-corrected chi connectivity index (χ4v) is 2.12. The second-order valence-electron chi connectivity index (χ2n) is 4.42. The van der Waals surface area contributed by atoms with Crippen LogP contribution in [-0.4, -0.2) is 4.57 Å². The van der Waals surface area contributed by atoms with Gasteiger partial charge in [-0.3, -0.25) is 0 Å². The van der Waals surface area contributed by atoms with Crippen LogP contribution < -0.4 is 5.73 Å². The number of aromatic nitrogens is 1. The molecule has 0 saturated heterocycles. The van der Waals surface area contributed by atoms with Gasteiger partial charge in [0.25, 0.3) is 0 Å². The summed E-state index contributed by atoms with van der Waals surface area (Å²) in [5.74, 6) is 0.827. The molecule has 2 N–H and O–H groups in total. The zero-order valence-electron chi connectivity index (χ0n) is 10.1. The predicted octanol–water partition coefficient (Wildman–Crippen LogP) is 3.63. The van der Waals surface area contributed by atoms with E-state index in [-0.39, 0.29) is 0 Å². The maximum Gasteiger partial charge on any atom is 0.103 e. The van der Waals surface area contributed by atoms with Gasteiger partial charge in [0, 0.05) is 11.6 Å². The van der Waals surface area contributed by atoms with Crippen molar-refractivity contribution < 1.29 is 0 Å². The molecule has 2 nitrogen and oxygen atoms in total. The maximum absolute atomic E-state index is 5.99. The number of hydrogen-bond acceptors (Lipinski definition) is 1. The molecule has 0 bridgehead atoms. The quantitative estimate of drug-likeness (QED) is 0.813. The zero-order valence-corrected chi connectivity index (χ0v) is 10.1. The number of anilines is 1. The second-order valence-corrected chi connectivity index (χ2v) is 4.42. The van der Waals surface area contributed by atoms with Crippen molar-refractivity contribution in [2.75, 3.05) is 5.73 Å². The summed E-state index contributed by atoms with van der Waals surface area (Å²) in [6, 6.07) is 12.8. The number of rotatable bonds is 2. The molecular formula is C14H18N2. The Hall–Kier alpha value is -1.70. The molecule has 0 aliphatic heterocycles. The van der Waals surface area contributed by atoms with E-state index in [0.717, 1.165) is 5.82 Å². The first-order valence-electron chi connectivity index (χ1n) is 5.64. The molecule has 2 heteroatoms. The van der Waals surface area contributed by atoms with Crippen molar-refractivity contribution in [3.63, 3.8) is 0 Å². The van der Waals surface area contributed by atoms with E-state index in [0.29, 0.717) is 6.04 Å². The Balaban J connectivity index is 2.61. The Bertz CT molecular complexity index is 495. The molecule has 0 aliphatic carbocycles. The van der Waals surface area contributed by atoms with Crippen LogP contribution in [0.5, 0.6) is 0 Å². The minimum atomic E-state index is 0.379. The average Bonchev–Trinajstić information content (AvgIpc) is 2.61. The largest absolute Gasteiger partial charge is 0.385 e. The topological polar surface area (TPSA) is 30.9 Å². The fraction of sp³-hybridized carbons (Fsp3) is 0.286. The summed E-state index contributed by atoms with van der Waals surface area (Å²) < 4.78 is 2.17. The van der Waals surface area contributed by atoms with E-state index < -0.39 is 0 Å². The number of aryl methyl sites for hydroxylation is 1. The van der Waals surface area contributed by atoms with E-state index in [1.54, 1.807) is 0 Å². The van der Waals surface area contributed by atoms with Gasteiger partial charge in [0.05, 0.1) is 5.69 Å². The molecular weight excluding hydrogens is 196 g/mol. The number of nitrogen functional groups attached to an aromatic ring is 1. The van der Waals surface area contributed by atoms with Crippen LogP contribution in [0.25, 0.3) is 11.3 Å². The lowest BCUT2D eigenvalue weighted by Gasteiger charge is -2.16. The van der Waals surface area contributed by atoms with Crippen LogP contribution >= 0.6 is 0 Å². The first kappa shape index (κ1) is 10.8. The summed E-state index contributed by atoms with van der Waals surface area (Å²) in [5, 5.41) is 0. The van der Waals surface area contributed by atoms with Gasteiger partial charge in [-0.25, -0.2) is 0 Å². The Kier molecular flexibility index (Phi) is 2.73. The van der Waals surface area contributed by atoms with Crippen molar-refractivity contribution in [3.8, 4) is 11.3 Å². The van der Waals surface area contributed by atoms with Crippen LogP contribution in [0.1, 0.15) is 25.5 Å². The Labute approximate surface area is 96.7 Å². The molecule has 0 saturated carbocycles. The standard InChI is InChI=1S/C14H18N2/c1-10(2)16-13(8-9-14(16)15)12-7-5-4-6-11(12)3/h4-10H,15H2,1-3H3. The van der Waals surface area contributed by atoms with Gasteiger partial charge >= 0.3 is 0 Å². The monoisotopic (exact) mass is 214 g/mol. The summed E-state index contributed by atoms with van der Waals surface area (Å²) >= 11 is 0. The third-order valence-electron chi connectivity index (χ3n) is 2.89. The third-order valence-corrected chi connectivity index (χ3v) is 2.89. The van der Waals surface area contributed by atoms with Gasteiger partial charge in [0.15, 0.2) is 0 Å². The summed E-state index contributed by atoms with van der Waals surface area (Å²) in [6.45, 7) is 6.43. The SMILES string of the molecule is Cc1ccccc1-c1ccc(N)n1C(C)C. The van der Waals surface area contributed by atoms with Gasteiger partial charge < -0.3 is 10.3 Å². The molecule has 0 aliphatic rings. The van der Waals surface area contributed by atoms with Crippen LogP contribution in [0.3, 0.4) is 0 Å². The molecule has 84 valence electrons. The lowest BCUT2D eigenvalue weighted by Crippen LogP contribution is -2.06. The third kappa shape index (κ3) is 1.71. The zero-order chi connectivity index (χ0) is 11.7. The van der Waals surface area contributed by atoms with Gasteiger partial charge in [0.2, 0.25) is 0 Å². The molecule has 0 spiro atoms. The first-order chi connectivity index (χ1) is 7.61. The smallest absolute Gasteiger partial charge is 0.103 e. The van der Waals surface area contributed by atoms with Gasteiger partial charge in [-0.15, -0.1) is 0 Å². The van der Waals surface area contributed by atoms with E-state index in [2.05, 4.69) is 55.7 Å². The number of hydrogen-bond donors (Lipinski definition) is 1. The number of benzene rings is 1. The summed E-state index contributed by atoms with van der Waals surface area (Å²) in [5.41, 5.74) is 9.73. The Morgan fingerprint density at radius 2 is 1.75 bits per heavy atom. The molecule has 0 amide bonds. The molecule has 0 atom stereocenters. The van der Waals surface area contributed by atoms with Gasteiger partial charge in [-0.2, -0.15) is 0 Å². The van der Waals surface area contributed by atoms with E-state index in [1.165, 1.54) is 16.8 Å². The highest BCUT2D eigenvalue weighted by atomic mass is 15.1. The van der Waals surface area contributed by atoms with Crippen LogP contribution in [0, 0.1) is 6.92 Å². The highest BCUT2D eigenvalue weighted by Gasteiger charge is 2.11. The van der Waals surface area contributed by atoms with E-state index in [1.807, 2.05) is 6.07 Å². The number of nitrogens with two attached hydrogens (primary N) is 1. The molecule has 1 aromatic heterocycles. The summed E-state index contributed by atoms with van der Waals surface area (Å²) in [6.07, 6.45) is 0. The summed E-state index contributed by atoms with van der Waals surface area (Å²) in [7, 11) is 0. The van der Waals surface area contributed by atoms with E-state index >= 15 is 0 Å². The van der Waals surface area contributed by atoms with Crippen LogP contribution in [-0.2, 0) is 0 Å². The van der Waals surface area contributed by atoms with Gasteiger partial charge in [-0.1, -0.05) is 24.3 Å². The minimum Gasteiger partial charge on any atom is -0.385 e. The average molecular weight is 214 g/mol. The van der Waals surface area contributed by atoms with Gasteiger partial charge in [-0.05, 0) is 38.5 Å². The summed E-state index contributed by atoms with van der Waals surface area (Å²) in [4.78, 5) is 0. The highest BCUT2D eigenvalue weighted by molar-refractivity contribution is 5.67. The van der Waals surface area contributed by atoms with Crippen LogP contribution in [0.2, 0.25) is 0 Å². The normalized spacial score (nSPS) is 11.0. The number of nitrogens with zero attached hydrogens (tertiary/aromatic N) is 1. The molecule has 0 fully saturated rings. The maximum atomic E-state index is 5.99. The molecule has 16 heavy (non-hydrogen) atoms. The second kappa shape index (κ2) is 4.05. The molecule has 2 aromatic rings. The molecule has 1 aromatic carbocycles. The molecule has 1 heterocycles. The van der Waals surface area contributed by atoms with Crippen molar-refractivity contribution >= 4 is 5.82 Å². The van der Waals surface area contributed by atoms with E-state index in [9.17, 15) is 0 Å². The molecule has 0 radical (unpaired) electrons. The van der Waals surface area contributed by atoms with Crippen LogP contribution in [0.15, 0.2) is 36.4 Å². The van der Waals surface area contributed by atoms with E-state index in [4.69, 9.17) is 5.73 Å². The van der Waals surface area contributed by atoms with Gasteiger partial charge in [0.1, 0.15) is 5.82 Å². The highest BCUT2D eigenvalue weighted by Crippen LogP contribution is 2.29. The van der Waals surface area contributed by atoms with Crippen molar-refractivity contribution in [3.05, 3.63) is 42.0 Å². The Morgan fingerprint density at radius 1 is 1.06 bits per heavy atom. The first-order valence-corrected chi connectivity index (χ1v) is 5.64. The van der Waals surface area contributed by atoms with Crippen molar-refractivity contribution in [1.82, 2.24) is 4.57 Å². The fourth-order valence-electron chi connectivity index (χ4n) is 2.12. The van der Waals surface area contributed by atoms with Crippen molar-refractivity contribution in [2.24, 2.45) is 0 Å².